The van der Waals surface area contributed by atoms with Gasteiger partial charge in [0.2, 0.25) is 0 Å². The van der Waals surface area contributed by atoms with Crippen LogP contribution in [0.5, 0.6) is 0 Å². The molecular formula is C22H28N4O4S. The molecule has 31 heavy (non-hydrogen) atoms. The van der Waals surface area contributed by atoms with E-state index in [1.807, 2.05) is 36.5 Å². The van der Waals surface area contributed by atoms with E-state index in [2.05, 4.69) is 40.6 Å². The van der Waals surface area contributed by atoms with Crippen LogP contribution >= 0.6 is 0 Å². The van der Waals surface area contributed by atoms with Crippen LogP contribution in [0, 0.1) is 5.92 Å². The highest BCUT2D eigenvalue weighted by Crippen LogP contribution is 2.39. The van der Waals surface area contributed by atoms with E-state index in [0.29, 0.717) is 12.8 Å². The molecule has 0 saturated heterocycles. The summed E-state index contributed by atoms with van der Waals surface area (Å²) >= 11 is 0. The van der Waals surface area contributed by atoms with E-state index in [4.69, 9.17) is 9.32 Å². The van der Waals surface area contributed by atoms with Gasteiger partial charge >= 0.3 is 10.3 Å². The topological polar surface area (TPSA) is 111 Å². The fraction of sp³-hybridized carbons (Fsp3) is 0.409. The van der Waals surface area contributed by atoms with Crippen LogP contribution in [0.4, 0.5) is 5.69 Å². The molecule has 2 aromatic heterocycles. The number of aliphatic hydroxyl groups is 1. The van der Waals surface area contributed by atoms with Gasteiger partial charge in [0.25, 0.3) is 0 Å². The van der Waals surface area contributed by atoms with Crippen LogP contribution in [0.15, 0.2) is 54.9 Å². The molecule has 8 nitrogen and oxygen atoms in total. The Morgan fingerprint density at radius 1 is 1.26 bits per heavy atom. The Labute approximate surface area is 182 Å². The average molecular weight is 445 g/mol. The van der Waals surface area contributed by atoms with Gasteiger partial charge in [-0.1, -0.05) is 30.3 Å². The number of rotatable bonds is 7. The Balaban J connectivity index is 1.58. The number of pyridine rings is 1. The molecule has 2 heterocycles. The molecule has 3 N–H and O–H groups in total. The number of fused-ring (bicyclic) bond motifs is 1. The van der Waals surface area contributed by atoms with Crippen molar-refractivity contribution >= 4 is 27.0 Å². The maximum absolute atomic E-state index is 11.1. The maximum atomic E-state index is 11.1. The van der Waals surface area contributed by atoms with Gasteiger partial charge in [-0.15, -0.1) is 0 Å². The van der Waals surface area contributed by atoms with E-state index >= 15 is 0 Å². The highest BCUT2D eigenvalue weighted by atomic mass is 32.2. The monoisotopic (exact) mass is 444 g/mol. The van der Waals surface area contributed by atoms with Crippen molar-refractivity contribution in [2.45, 2.75) is 38.0 Å². The quantitative estimate of drug-likeness (QED) is 0.580. The Bertz CT molecular complexity index is 1150. The number of hydrogen-bond donors (Lipinski definition) is 2. The van der Waals surface area contributed by atoms with E-state index in [0.717, 1.165) is 16.7 Å². The largest absolute Gasteiger partial charge is 0.393 e. The molecule has 1 aromatic carbocycles. The Kier molecular flexibility index (Phi) is 6.02. The predicted molar refractivity (Wildman–Crippen MR) is 120 cm³/mol. The van der Waals surface area contributed by atoms with Crippen LogP contribution in [0.25, 0.3) is 11.0 Å². The first-order valence-corrected chi connectivity index (χ1v) is 11.8. The number of anilines is 1. The summed E-state index contributed by atoms with van der Waals surface area (Å²) in [6, 6.07) is 14.6. The molecule has 3 aromatic rings. The molecule has 4 rings (SSSR count). The number of benzene rings is 1. The second-order valence-corrected chi connectivity index (χ2v) is 9.44. The standard InChI is InChI=1S/C22H28N4O4S/c1-15(16-6-4-3-5-7-16)25(2)20-8-10-24-22-19(20)9-11-26(22)18-12-17(21(27)13-18)14-30-31(23,28)29/h3-11,15,17-18,21,27H,12-14H2,1-2H3,(H2,23,28,29)/t15?,17-,18+,21-/m0/s1. The molecule has 1 saturated carbocycles. The third kappa shape index (κ3) is 4.59. The van der Waals surface area contributed by atoms with Gasteiger partial charge in [0, 0.05) is 42.5 Å². The molecule has 1 unspecified atom stereocenters. The van der Waals surface area contributed by atoms with Crippen LogP contribution in [-0.4, -0.2) is 42.8 Å². The lowest BCUT2D eigenvalue weighted by Crippen LogP contribution is -2.24. The van der Waals surface area contributed by atoms with Gasteiger partial charge < -0.3 is 14.6 Å². The zero-order valence-corrected chi connectivity index (χ0v) is 18.4. The first-order valence-electron chi connectivity index (χ1n) is 10.3. The maximum Gasteiger partial charge on any atom is 0.333 e. The molecule has 0 bridgehead atoms. The molecule has 0 radical (unpaired) electrons. The van der Waals surface area contributed by atoms with Gasteiger partial charge in [-0.3, -0.25) is 4.18 Å². The second kappa shape index (κ2) is 8.58. The van der Waals surface area contributed by atoms with Crippen molar-refractivity contribution in [2.75, 3.05) is 18.6 Å². The lowest BCUT2D eigenvalue weighted by molar-refractivity contribution is 0.100. The van der Waals surface area contributed by atoms with Crippen molar-refractivity contribution < 1.29 is 17.7 Å². The van der Waals surface area contributed by atoms with Gasteiger partial charge in [-0.25, -0.2) is 10.1 Å². The van der Waals surface area contributed by atoms with Crippen LogP contribution in [0.1, 0.15) is 37.4 Å². The molecule has 1 fully saturated rings. The third-order valence-electron chi connectivity index (χ3n) is 6.31. The smallest absolute Gasteiger partial charge is 0.333 e. The molecule has 0 amide bonds. The molecule has 0 aliphatic heterocycles. The van der Waals surface area contributed by atoms with Crippen molar-refractivity contribution in [2.24, 2.45) is 11.1 Å². The minimum absolute atomic E-state index is 0.00109. The van der Waals surface area contributed by atoms with Crippen LogP contribution in [0.2, 0.25) is 0 Å². The van der Waals surface area contributed by atoms with E-state index in [9.17, 15) is 13.5 Å². The van der Waals surface area contributed by atoms with Crippen LogP contribution in [0.3, 0.4) is 0 Å². The normalized spacial score (nSPS) is 22.6. The molecular weight excluding hydrogens is 416 g/mol. The van der Waals surface area contributed by atoms with Crippen molar-refractivity contribution in [3.8, 4) is 0 Å². The van der Waals surface area contributed by atoms with Crippen molar-refractivity contribution in [3.05, 3.63) is 60.4 Å². The second-order valence-electron chi connectivity index (χ2n) is 8.22. The van der Waals surface area contributed by atoms with Crippen molar-refractivity contribution in [3.63, 3.8) is 0 Å². The predicted octanol–water partition coefficient (Wildman–Crippen LogP) is 2.77. The number of aromatic nitrogens is 2. The zero-order chi connectivity index (χ0) is 22.2. The summed E-state index contributed by atoms with van der Waals surface area (Å²) in [4.78, 5) is 6.84. The SMILES string of the molecule is CC(c1ccccc1)N(C)c1ccnc2c1ccn2[C@@H]1C[C@@H](COS(N)(=O)=O)[C@@H](O)C1. The fourth-order valence-electron chi connectivity index (χ4n) is 4.47. The minimum atomic E-state index is -4.02. The summed E-state index contributed by atoms with van der Waals surface area (Å²) in [5, 5.41) is 16.4. The number of hydrogen-bond acceptors (Lipinski definition) is 6. The molecule has 9 heteroatoms. The highest BCUT2D eigenvalue weighted by Gasteiger charge is 2.35. The van der Waals surface area contributed by atoms with Gasteiger partial charge in [-0.05, 0) is 37.5 Å². The summed E-state index contributed by atoms with van der Waals surface area (Å²) in [6.07, 6.45) is 4.22. The highest BCUT2D eigenvalue weighted by molar-refractivity contribution is 7.84. The zero-order valence-electron chi connectivity index (χ0n) is 17.6. The summed E-state index contributed by atoms with van der Waals surface area (Å²) in [6.45, 7) is 2.05. The van der Waals surface area contributed by atoms with E-state index in [1.54, 1.807) is 6.20 Å². The third-order valence-corrected chi connectivity index (χ3v) is 6.77. The van der Waals surface area contributed by atoms with Crippen molar-refractivity contribution in [1.29, 1.82) is 0 Å². The molecule has 1 aliphatic carbocycles. The molecule has 1 aliphatic rings. The van der Waals surface area contributed by atoms with E-state index in [-0.39, 0.29) is 24.6 Å². The number of aliphatic hydroxyl groups excluding tert-OH is 1. The number of nitrogens with zero attached hydrogens (tertiary/aromatic N) is 3. The summed E-state index contributed by atoms with van der Waals surface area (Å²) in [7, 11) is -1.95. The first kappa shape index (κ1) is 21.8. The van der Waals surface area contributed by atoms with Crippen LogP contribution < -0.4 is 10.0 Å². The molecule has 0 spiro atoms. The first-order chi connectivity index (χ1) is 14.7. The van der Waals surface area contributed by atoms with E-state index in [1.165, 1.54) is 5.56 Å². The minimum Gasteiger partial charge on any atom is -0.393 e. The summed E-state index contributed by atoms with van der Waals surface area (Å²) < 4.78 is 29.0. The van der Waals surface area contributed by atoms with Crippen molar-refractivity contribution in [1.82, 2.24) is 9.55 Å². The Hall–Kier alpha value is -2.46. The fourth-order valence-corrected chi connectivity index (χ4v) is 4.84. The van der Waals surface area contributed by atoms with Crippen LogP contribution in [-0.2, 0) is 14.5 Å². The summed E-state index contributed by atoms with van der Waals surface area (Å²) in [5.74, 6) is -0.301. The average Bonchev–Trinajstić information content (AvgIpc) is 3.34. The van der Waals surface area contributed by atoms with Gasteiger partial charge in [0.05, 0.1) is 18.8 Å². The Morgan fingerprint density at radius 3 is 2.71 bits per heavy atom. The molecule has 166 valence electrons. The van der Waals surface area contributed by atoms with Gasteiger partial charge in [0.15, 0.2) is 0 Å². The van der Waals surface area contributed by atoms with Gasteiger partial charge in [0.1, 0.15) is 5.65 Å². The Morgan fingerprint density at radius 2 is 2.00 bits per heavy atom. The molecule has 4 atom stereocenters. The summed E-state index contributed by atoms with van der Waals surface area (Å²) in [5.41, 5.74) is 3.15. The number of nitrogens with two attached hydrogens (primary N) is 1. The lowest BCUT2D eigenvalue weighted by atomic mass is 10.1. The van der Waals surface area contributed by atoms with E-state index < -0.39 is 16.4 Å². The van der Waals surface area contributed by atoms with Gasteiger partial charge in [-0.2, -0.15) is 8.42 Å². The lowest BCUT2D eigenvalue weighted by Gasteiger charge is -2.28.